The van der Waals surface area contributed by atoms with Gasteiger partial charge >= 0.3 is 12.0 Å². The molecule has 2 N–H and O–H groups in total. The molecule has 0 unspecified atom stereocenters. The minimum atomic E-state index is -1.16. The zero-order valence-electron chi connectivity index (χ0n) is 5.98. The van der Waals surface area contributed by atoms with Gasteiger partial charge in [0.05, 0.1) is 0 Å². The van der Waals surface area contributed by atoms with E-state index >= 15 is 0 Å². The van der Waals surface area contributed by atoms with E-state index in [0.29, 0.717) is 0 Å². The van der Waals surface area contributed by atoms with Crippen molar-refractivity contribution < 1.29 is 19.5 Å². The topological polar surface area (TPSA) is 86.7 Å². The number of carbonyl (C=O) groups is 3. The van der Waals surface area contributed by atoms with Crippen molar-refractivity contribution in [2.24, 2.45) is 0 Å². The molecule has 0 aromatic carbocycles. The highest BCUT2D eigenvalue weighted by atomic mass is 16.4. The Kier molecular flexibility index (Phi) is 2.09. The Bertz CT molecular complexity index is 271. The van der Waals surface area contributed by atoms with Crippen molar-refractivity contribution in [1.29, 1.82) is 0 Å². The molecule has 0 spiro atoms. The van der Waals surface area contributed by atoms with Crippen LogP contribution in [0.4, 0.5) is 4.79 Å². The summed E-state index contributed by atoms with van der Waals surface area (Å²) in [5, 5.41) is 10.2. The molecule has 1 heterocycles. The summed E-state index contributed by atoms with van der Waals surface area (Å²) in [6, 6.07) is -0.600. The third kappa shape index (κ3) is 1.82. The summed E-state index contributed by atoms with van der Waals surface area (Å²) in [4.78, 5) is 32.3. The van der Waals surface area contributed by atoms with Crippen LogP contribution in [0.25, 0.3) is 0 Å². The summed E-state index contributed by atoms with van der Waals surface area (Å²) in [5.74, 6) is -1.60. The number of carboxylic acid groups (broad SMARTS) is 1. The van der Waals surface area contributed by atoms with Crippen molar-refractivity contribution in [2.75, 3.05) is 6.54 Å². The van der Waals surface area contributed by atoms with Crippen LogP contribution in [0.2, 0.25) is 0 Å². The summed E-state index contributed by atoms with van der Waals surface area (Å²) < 4.78 is 0. The lowest BCUT2D eigenvalue weighted by Gasteiger charge is -2.03. The Morgan fingerprint density at radius 2 is 2.25 bits per heavy atom. The number of aliphatic carboxylic acids is 1. The molecule has 64 valence electrons. The fourth-order valence-electron chi connectivity index (χ4n) is 0.731. The molecule has 6 nitrogen and oxygen atoms in total. The van der Waals surface area contributed by atoms with Gasteiger partial charge in [0.1, 0.15) is 6.54 Å². The van der Waals surface area contributed by atoms with Crippen LogP contribution in [-0.2, 0) is 9.59 Å². The molecule has 0 aromatic heterocycles. The summed E-state index contributed by atoms with van der Waals surface area (Å²) >= 11 is 0. The molecule has 1 saturated heterocycles. The molecule has 1 aliphatic rings. The highest BCUT2D eigenvalue weighted by Gasteiger charge is 2.24. The molecule has 0 atom stereocenters. The number of carboxylic acids is 1. The van der Waals surface area contributed by atoms with Gasteiger partial charge in [0, 0.05) is 12.3 Å². The monoisotopic (exact) mass is 170 g/mol. The lowest BCUT2D eigenvalue weighted by Crippen LogP contribution is -2.23. The van der Waals surface area contributed by atoms with Crippen molar-refractivity contribution in [3.63, 3.8) is 0 Å². The van der Waals surface area contributed by atoms with Gasteiger partial charge < -0.3 is 5.11 Å². The van der Waals surface area contributed by atoms with Gasteiger partial charge in [-0.2, -0.15) is 0 Å². The summed E-state index contributed by atoms with van der Waals surface area (Å²) in [6.45, 7) is -0.122. The summed E-state index contributed by atoms with van der Waals surface area (Å²) in [5.41, 5.74) is 0. The van der Waals surface area contributed by atoms with Gasteiger partial charge in [-0.3, -0.25) is 15.0 Å². The van der Waals surface area contributed by atoms with Gasteiger partial charge in [-0.05, 0) is 0 Å². The molecule has 0 aliphatic carbocycles. The summed E-state index contributed by atoms with van der Waals surface area (Å²) in [6.07, 6.45) is 1.83. The molecule has 1 fully saturated rings. The first kappa shape index (κ1) is 8.25. The number of hydrogen-bond donors (Lipinski definition) is 2. The first-order valence-electron chi connectivity index (χ1n) is 3.11. The maximum atomic E-state index is 10.7. The Morgan fingerprint density at radius 3 is 2.67 bits per heavy atom. The van der Waals surface area contributed by atoms with E-state index in [1.165, 1.54) is 0 Å². The van der Waals surface area contributed by atoms with Crippen LogP contribution in [0.3, 0.4) is 0 Å². The molecule has 1 rings (SSSR count). The quantitative estimate of drug-likeness (QED) is 0.417. The van der Waals surface area contributed by atoms with Crippen LogP contribution >= 0.6 is 0 Å². The van der Waals surface area contributed by atoms with Crippen molar-refractivity contribution >= 4 is 17.9 Å². The number of amides is 3. The number of nitrogens with one attached hydrogen (secondary N) is 1. The number of carbonyl (C=O) groups excluding carboxylic acids is 2. The van der Waals surface area contributed by atoms with E-state index in [2.05, 4.69) is 0 Å². The third-order valence-corrected chi connectivity index (χ3v) is 1.22. The van der Waals surface area contributed by atoms with E-state index in [1.54, 1.807) is 0 Å². The normalized spacial score (nSPS) is 17.2. The van der Waals surface area contributed by atoms with Crippen LogP contribution in [0.15, 0.2) is 12.3 Å². The van der Waals surface area contributed by atoms with E-state index < -0.39 is 17.9 Å². The first-order chi connectivity index (χ1) is 5.59. The number of urea groups is 1. The van der Waals surface area contributed by atoms with Crippen molar-refractivity contribution in [3.8, 4) is 0 Å². The molecule has 0 aromatic rings. The number of nitrogens with zero attached hydrogens (tertiary/aromatic N) is 1. The highest BCUT2D eigenvalue weighted by molar-refractivity contribution is 6.02. The molecule has 0 saturated carbocycles. The van der Waals surface area contributed by atoms with Crippen LogP contribution in [0, 0.1) is 0 Å². The molecule has 1 aliphatic heterocycles. The largest absolute Gasteiger partial charge is 0.478 e. The van der Waals surface area contributed by atoms with Crippen LogP contribution in [0.1, 0.15) is 0 Å². The third-order valence-electron chi connectivity index (χ3n) is 1.22. The molecular formula is C6H6N2O4. The minimum Gasteiger partial charge on any atom is -0.478 e. The van der Waals surface area contributed by atoms with Crippen molar-refractivity contribution in [1.82, 2.24) is 10.2 Å². The Morgan fingerprint density at radius 1 is 1.58 bits per heavy atom. The average molecular weight is 170 g/mol. The van der Waals surface area contributed by atoms with Crippen LogP contribution in [0.5, 0.6) is 0 Å². The lowest BCUT2D eigenvalue weighted by atomic mass is 10.5. The second-order valence-electron chi connectivity index (χ2n) is 2.14. The van der Waals surface area contributed by atoms with E-state index in [0.717, 1.165) is 17.2 Å². The minimum absolute atomic E-state index is 0.122. The van der Waals surface area contributed by atoms with Gasteiger partial charge in [-0.15, -0.1) is 0 Å². The van der Waals surface area contributed by atoms with Crippen LogP contribution in [-0.4, -0.2) is 34.5 Å². The smallest absolute Gasteiger partial charge is 0.329 e. The predicted octanol–water partition coefficient (Wildman–Crippen LogP) is -0.863. The Labute approximate surface area is 67.5 Å². The van der Waals surface area contributed by atoms with Crippen LogP contribution < -0.4 is 5.32 Å². The van der Waals surface area contributed by atoms with Gasteiger partial charge in [-0.1, -0.05) is 0 Å². The molecule has 3 amide bonds. The average Bonchev–Trinajstić information content (AvgIpc) is 2.26. The fraction of sp³-hybridized carbons (Fsp3) is 0.167. The standard InChI is InChI=1S/C6H6N2O4/c9-4-3-8(6(12)7-4)2-1-5(10)11/h1-2H,3H2,(H,10,11)(H,7,9,12). The summed E-state index contributed by atoms with van der Waals surface area (Å²) in [7, 11) is 0. The predicted molar refractivity (Wildman–Crippen MR) is 37.0 cm³/mol. The Hall–Kier alpha value is -1.85. The number of rotatable bonds is 2. The Balaban J connectivity index is 2.59. The maximum Gasteiger partial charge on any atom is 0.329 e. The molecule has 12 heavy (non-hydrogen) atoms. The maximum absolute atomic E-state index is 10.7. The second kappa shape index (κ2) is 3.04. The number of imide groups is 1. The second-order valence-corrected chi connectivity index (χ2v) is 2.14. The lowest BCUT2D eigenvalue weighted by molar-refractivity contribution is -0.131. The zero-order valence-corrected chi connectivity index (χ0v) is 5.98. The molecule has 0 bridgehead atoms. The van der Waals surface area contributed by atoms with E-state index in [1.807, 2.05) is 5.32 Å². The van der Waals surface area contributed by atoms with Gasteiger partial charge in [0.15, 0.2) is 0 Å². The first-order valence-corrected chi connectivity index (χ1v) is 3.11. The van der Waals surface area contributed by atoms with Crippen molar-refractivity contribution in [3.05, 3.63) is 12.3 Å². The van der Waals surface area contributed by atoms with Gasteiger partial charge in [-0.25, -0.2) is 9.59 Å². The molecule has 0 radical (unpaired) electrons. The van der Waals surface area contributed by atoms with Crippen molar-refractivity contribution in [2.45, 2.75) is 0 Å². The van der Waals surface area contributed by atoms with Gasteiger partial charge in [0.2, 0.25) is 5.91 Å². The fourth-order valence-corrected chi connectivity index (χ4v) is 0.731. The van der Waals surface area contributed by atoms with Gasteiger partial charge in [0.25, 0.3) is 0 Å². The van der Waals surface area contributed by atoms with E-state index in [-0.39, 0.29) is 6.54 Å². The molecule has 6 heteroatoms. The zero-order chi connectivity index (χ0) is 9.14. The van der Waals surface area contributed by atoms with E-state index in [4.69, 9.17) is 5.11 Å². The SMILES string of the molecule is O=C(O)C=CN1CC(=O)NC1=O. The highest BCUT2D eigenvalue weighted by Crippen LogP contribution is 1.97. The molecular weight excluding hydrogens is 164 g/mol. The number of hydrogen-bond acceptors (Lipinski definition) is 3. The van der Waals surface area contributed by atoms with E-state index in [9.17, 15) is 14.4 Å².